The number of amides is 1. The maximum absolute atomic E-state index is 13.2. The van der Waals surface area contributed by atoms with Gasteiger partial charge in [-0.2, -0.15) is 0 Å². The van der Waals surface area contributed by atoms with Gasteiger partial charge in [-0.3, -0.25) is 9.36 Å². The second kappa shape index (κ2) is 8.90. The van der Waals surface area contributed by atoms with Crippen LogP contribution in [0, 0.1) is 13.8 Å². The second-order valence-corrected chi connectivity index (χ2v) is 9.25. The van der Waals surface area contributed by atoms with E-state index < -0.39 is 0 Å². The number of imidazole rings is 1. The number of benzene rings is 2. The van der Waals surface area contributed by atoms with Crippen LogP contribution in [0.25, 0.3) is 5.69 Å². The number of nitrogens with zero attached hydrogens (tertiary/aromatic N) is 3. The first-order valence-corrected chi connectivity index (χ1v) is 12.0. The molecule has 166 valence electrons. The summed E-state index contributed by atoms with van der Waals surface area (Å²) in [7, 11) is 0. The van der Waals surface area contributed by atoms with Crippen LogP contribution in [0.5, 0.6) is 11.5 Å². The number of aromatic nitrogens is 2. The van der Waals surface area contributed by atoms with E-state index in [2.05, 4.69) is 47.7 Å². The number of hydrogen-bond donors (Lipinski definition) is 0. The predicted octanol–water partition coefficient (Wildman–Crippen LogP) is 4.72. The number of hydrogen-bond acceptors (Lipinski definition) is 5. The average molecular weight is 450 g/mol. The van der Waals surface area contributed by atoms with Gasteiger partial charge in [0.15, 0.2) is 16.7 Å². The van der Waals surface area contributed by atoms with Crippen LogP contribution < -0.4 is 9.47 Å². The first kappa shape index (κ1) is 20.9. The number of ether oxygens (including phenoxy) is 2. The second-order valence-electron chi connectivity index (χ2n) is 8.31. The van der Waals surface area contributed by atoms with Crippen molar-refractivity contribution in [1.82, 2.24) is 14.5 Å². The molecule has 1 aromatic heterocycles. The van der Waals surface area contributed by atoms with Crippen LogP contribution in [0.3, 0.4) is 0 Å². The Balaban J connectivity index is 1.29. The van der Waals surface area contributed by atoms with Crippen molar-refractivity contribution in [2.45, 2.75) is 37.9 Å². The minimum Gasteiger partial charge on any atom is -0.486 e. The molecule has 3 heterocycles. The van der Waals surface area contributed by atoms with Crippen molar-refractivity contribution in [2.24, 2.45) is 0 Å². The van der Waals surface area contributed by atoms with Gasteiger partial charge in [0.2, 0.25) is 5.91 Å². The van der Waals surface area contributed by atoms with E-state index in [4.69, 9.17) is 9.47 Å². The van der Waals surface area contributed by atoms with Gasteiger partial charge >= 0.3 is 0 Å². The first-order valence-electron chi connectivity index (χ1n) is 11.0. The Kier molecular flexibility index (Phi) is 5.83. The normalized spacial score (nSPS) is 17.6. The number of carbonyl (C=O) groups excluding carboxylic acids is 1. The van der Waals surface area contributed by atoms with Crippen molar-refractivity contribution in [3.8, 4) is 17.2 Å². The lowest BCUT2D eigenvalue weighted by molar-refractivity contribution is -0.129. The Morgan fingerprint density at radius 1 is 1.12 bits per heavy atom. The molecule has 32 heavy (non-hydrogen) atoms. The summed E-state index contributed by atoms with van der Waals surface area (Å²) in [6.07, 6.45) is 5.72. The van der Waals surface area contributed by atoms with E-state index in [0.717, 1.165) is 47.3 Å². The fourth-order valence-corrected chi connectivity index (χ4v) is 5.40. The first-order chi connectivity index (χ1) is 15.6. The SMILES string of the molecule is Cc1ccc(-n2ccnc2SCC(=O)N2CCCC2c2ccc3c(c2)OCCO3)c(C)c1. The Bertz CT molecular complexity index is 1140. The molecule has 1 atom stereocenters. The van der Waals surface area contributed by atoms with Crippen LogP contribution in [0.4, 0.5) is 0 Å². The standard InChI is InChI=1S/C25H27N3O3S/c1-17-5-7-20(18(2)14-17)28-11-9-26-25(28)32-16-24(29)27-10-3-4-21(27)19-6-8-22-23(15-19)31-13-12-30-22/h5-9,11,14-15,21H,3-4,10,12-13,16H2,1-2H3. The maximum atomic E-state index is 13.2. The Morgan fingerprint density at radius 3 is 2.81 bits per heavy atom. The molecule has 0 bridgehead atoms. The van der Waals surface area contributed by atoms with Crippen LogP contribution in [-0.4, -0.2) is 45.9 Å². The van der Waals surface area contributed by atoms with Crippen molar-refractivity contribution in [1.29, 1.82) is 0 Å². The van der Waals surface area contributed by atoms with Gasteiger partial charge < -0.3 is 14.4 Å². The van der Waals surface area contributed by atoms with E-state index in [1.807, 2.05) is 23.2 Å². The minimum atomic E-state index is 0.0815. The van der Waals surface area contributed by atoms with E-state index in [9.17, 15) is 4.79 Å². The summed E-state index contributed by atoms with van der Waals surface area (Å²) >= 11 is 1.49. The molecular formula is C25H27N3O3S. The zero-order valence-electron chi connectivity index (χ0n) is 18.4. The molecule has 0 saturated carbocycles. The molecule has 0 aliphatic carbocycles. The van der Waals surface area contributed by atoms with Crippen LogP contribution in [0.2, 0.25) is 0 Å². The summed E-state index contributed by atoms with van der Waals surface area (Å²) in [4.78, 5) is 19.7. The highest BCUT2D eigenvalue weighted by Crippen LogP contribution is 2.38. The lowest BCUT2D eigenvalue weighted by atomic mass is 10.0. The quantitative estimate of drug-likeness (QED) is 0.528. The van der Waals surface area contributed by atoms with Gasteiger partial charge in [0.05, 0.1) is 17.5 Å². The van der Waals surface area contributed by atoms with E-state index in [1.54, 1.807) is 6.20 Å². The molecule has 0 N–H and O–H groups in total. The zero-order valence-corrected chi connectivity index (χ0v) is 19.2. The molecule has 1 fully saturated rings. The molecule has 6 nitrogen and oxygen atoms in total. The number of carbonyl (C=O) groups is 1. The molecule has 2 aliphatic rings. The van der Waals surface area contributed by atoms with Crippen LogP contribution in [0.15, 0.2) is 53.9 Å². The summed E-state index contributed by atoms with van der Waals surface area (Å²) in [5.41, 5.74) is 4.63. The number of rotatable bonds is 5. The van der Waals surface area contributed by atoms with Gasteiger partial charge in [-0.15, -0.1) is 0 Å². The van der Waals surface area contributed by atoms with Crippen molar-refractivity contribution < 1.29 is 14.3 Å². The number of thioether (sulfide) groups is 1. The van der Waals surface area contributed by atoms with Gasteiger partial charge in [0, 0.05) is 18.9 Å². The summed E-state index contributed by atoms with van der Waals surface area (Å²) < 4.78 is 13.4. The molecule has 1 saturated heterocycles. The van der Waals surface area contributed by atoms with Crippen molar-refractivity contribution in [2.75, 3.05) is 25.5 Å². The average Bonchev–Trinajstić information content (AvgIpc) is 3.47. The molecule has 1 amide bonds. The molecule has 3 aromatic rings. The van der Waals surface area contributed by atoms with Crippen molar-refractivity contribution in [3.05, 3.63) is 65.5 Å². The molecule has 1 unspecified atom stereocenters. The summed E-state index contributed by atoms with van der Waals surface area (Å²) in [5.74, 6) is 2.06. The zero-order chi connectivity index (χ0) is 22.1. The fraction of sp³-hybridized carbons (Fsp3) is 0.360. The third-order valence-electron chi connectivity index (χ3n) is 6.07. The molecular weight excluding hydrogens is 422 g/mol. The van der Waals surface area contributed by atoms with Gasteiger partial charge in [-0.1, -0.05) is 35.5 Å². The van der Waals surface area contributed by atoms with Crippen molar-refractivity contribution in [3.63, 3.8) is 0 Å². The minimum absolute atomic E-state index is 0.0815. The van der Waals surface area contributed by atoms with Crippen LogP contribution >= 0.6 is 11.8 Å². The summed E-state index contributed by atoms with van der Waals surface area (Å²) in [6.45, 7) is 6.12. The maximum Gasteiger partial charge on any atom is 0.233 e. The molecule has 2 aliphatic heterocycles. The van der Waals surface area contributed by atoms with Crippen LogP contribution in [0.1, 0.15) is 35.6 Å². The third kappa shape index (κ3) is 4.09. The van der Waals surface area contributed by atoms with Crippen molar-refractivity contribution >= 4 is 17.7 Å². The van der Waals surface area contributed by atoms with Crippen LogP contribution in [-0.2, 0) is 4.79 Å². The Morgan fingerprint density at radius 2 is 1.97 bits per heavy atom. The predicted molar refractivity (Wildman–Crippen MR) is 125 cm³/mol. The smallest absolute Gasteiger partial charge is 0.233 e. The van der Waals surface area contributed by atoms with Gasteiger partial charge in [0.1, 0.15) is 13.2 Å². The number of fused-ring (bicyclic) bond motifs is 1. The number of aryl methyl sites for hydroxylation is 2. The summed E-state index contributed by atoms with van der Waals surface area (Å²) in [6, 6.07) is 12.5. The van der Waals surface area contributed by atoms with Gasteiger partial charge in [0.25, 0.3) is 0 Å². The van der Waals surface area contributed by atoms with Gasteiger partial charge in [-0.25, -0.2) is 4.98 Å². The molecule has 5 rings (SSSR count). The lowest BCUT2D eigenvalue weighted by Crippen LogP contribution is -2.32. The third-order valence-corrected chi connectivity index (χ3v) is 7.02. The van der Waals surface area contributed by atoms with Gasteiger partial charge in [-0.05, 0) is 56.0 Å². The van der Waals surface area contributed by atoms with E-state index in [1.165, 1.54) is 22.9 Å². The highest BCUT2D eigenvalue weighted by molar-refractivity contribution is 7.99. The lowest BCUT2D eigenvalue weighted by Gasteiger charge is -2.26. The van der Waals surface area contributed by atoms with E-state index in [-0.39, 0.29) is 11.9 Å². The molecule has 0 spiro atoms. The highest BCUT2D eigenvalue weighted by Gasteiger charge is 2.31. The fourth-order valence-electron chi connectivity index (χ4n) is 4.54. The Hall–Kier alpha value is -2.93. The summed E-state index contributed by atoms with van der Waals surface area (Å²) in [5, 5.41) is 0.834. The number of likely N-dealkylation sites (tertiary alicyclic amines) is 1. The largest absolute Gasteiger partial charge is 0.486 e. The topological polar surface area (TPSA) is 56.6 Å². The monoisotopic (exact) mass is 449 g/mol. The molecule has 0 radical (unpaired) electrons. The molecule has 7 heteroatoms. The Labute approximate surface area is 192 Å². The van der Waals surface area contributed by atoms with E-state index in [0.29, 0.717) is 19.0 Å². The van der Waals surface area contributed by atoms with E-state index >= 15 is 0 Å². The highest BCUT2D eigenvalue weighted by atomic mass is 32.2. The molecule has 2 aromatic carbocycles.